The quantitative estimate of drug-likeness (QED) is 0.718. The summed E-state index contributed by atoms with van der Waals surface area (Å²) in [5.74, 6) is -1.32. The molecule has 0 N–H and O–H groups in total. The van der Waals surface area contributed by atoms with E-state index in [1.54, 1.807) is 12.1 Å². The highest BCUT2D eigenvalue weighted by Gasteiger charge is 2.24. The van der Waals surface area contributed by atoms with Crippen LogP contribution in [0.1, 0.15) is 10.9 Å². The Morgan fingerprint density at radius 2 is 1.96 bits per heavy atom. The zero-order valence-corrected chi connectivity index (χ0v) is 13.4. The van der Waals surface area contributed by atoms with E-state index in [0.29, 0.717) is 5.01 Å². The van der Waals surface area contributed by atoms with Crippen molar-refractivity contribution in [2.45, 2.75) is 12.5 Å². The van der Waals surface area contributed by atoms with Crippen molar-refractivity contribution in [1.29, 1.82) is 5.26 Å². The van der Waals surface area contributed by atoms with Crippen LogP contribution in [0.4, 0.5) is 0 Å². The maximum absolute atomic E-state index is 12.4. The molecule has 118 valence electrons. The lowest BCUT2D eigenvalue weighted by molar-refractivity contribution is -0.120. The molecule has 5 nitrogen and oxygen atoms in total. The number of aromatic nitrogens is 2. The molecule has 1 atom stereocenters. The molecule has 3 aromatic rings. The number of nitrogens with zero attached hydrogens (tertiary/aromatic N) is 3. The van der Waals surface area contributed by atoms with Crippen LogP contribution in [0.25, 0.3) is 11.3 Å². The normalized spacial score (nSPS) is 11.6. The number of thiazole rings is 1. The third-order valence-corrected chi connectivity index (χ3v) is 4.42. The maximum atomic E-state index is 12.4. The van der Waals surface area contributed by atoms with Gasteiger partial charge in [-0.3, -0.25) is 9.59 Å². The van der Waals surface area contributed by atoms with E-state index >= 15 is 0 Å². The van der Waals surface area contributed by atoms with Gasteiger partial charge < -0.3 is 4.57 Å². The van der Waals surface area contributed by atoms with E-state index in [1.165, 1.54) is 28.2 Å². The van der Waals surface area contributed by atoms with Gasteiger partial charge in [-0.2, -0.15) is 5.26 Å². The van der Waals surface area contributed by atoms with Gasteiger partial charge in [-0.1, -0.05) is 36.4 Å². The van der Waals surface area contributed by atoms with E-state index in [-0.39, 0.29) is 17.9 Å². The number of hydrogen-bond donors (Lipinski definition) is 0. The second-order valence-corrected chi connectivity index (χ2v) is 6.02. The van der Waals surface area contributed by atoms with Crippen molar-refractivity contribution in [2.24, 2.45) is 0 Å². The molecule has 0 aliphatic carbocycles. The van der Waals surface area contributed by atoms with Crippen molar-refractivity contribution >= 4 is 17.1 Å². The predicted molar refractivity (Wildman–Crippen MR) is 91.6 cm³/mol. The number of carbonyl (C=O) groups excluding carboxylic acids is 1. The third-order valence-electron chi connectivity index (χ3n) is 3.51. The fourth-order valence-electron chi connectivity index (χ4n) is 2.28. The molecule has 6 heteroatoms. The van der Waals surface area contributed by atoms with E-state index in [1.807, 2.05) is 41.8 Å². The van der Waals surface area contributed by atoms with Gasteiger partial charge in [0.15, 0.2) is 11.7 Å². The number of pyridine rings is 1. The first-order chi connectivity index (χ1) is 11.7. The van der Waals surface area contributed by atoms with Gasteiger partial charge in [-0.25, -0.2) is 4.98 Å². The zero-order chi connectivity index (χ0) is 16.9. The summed E-state index contributed by atoms with van der Waals surface area (Å²) in [4.78, 5) is 28.6. The second-order valence-electron chi connectivity index (χ2n) is 5.13. The maximum Gasteiger partial charge on any atom is 0.250 e. The first-order valence-corrected chi connectivity index (χ1v) is 8.15. The van der Waals surface area contributed by atoms with Crippen molar-refractivity contribution in [3.05, 3.63) is 75.5 Å². The molecule has 24 heavy (non-hydrogen) atoms. The molecule has 0 radical (unpaired) electrons. The Hall–Kier alpha value is -3.04. The average Bonchev–Trinajstić information content (AvgIpc) is 3.08. The van der Waals surface area contributed by atoms with Gasteiger partial charge in [0.1, 0.15) is 5.01 Å². The molecule has 0 saturated carbocycles. The summed E-state index contributed by atoms with van der Waals surface area (Å²) in [5, 5.41) is 11.7. The monoisotopic (exact) mass is 335 g/mol. The minimum Gasteiger partial charge on any atom is -0.308 e. The highest BCUT2D eigenvalue weighted by atomic mass is 32.1. The van der Waals surface area contributed by atoms with E-state index in [4.69, 9.17) is 0 Å². The van der Waals surface area contributed by atoms with Gasteiger partial charge in [0, 0.05) is 23.2 Å². The fraction of sp³-hybridized carbons (Fsp3) is 0.111. The van der Waals surface area contributed by atoms with Crippen LogP contribution in [0, 0.1) is 11.3 Å². The zero-order valence-electron chi connectivity index (χ0n) is 12.6. The Kier molecular flexibility index (Phi) is 4.64. The molecular weight excluding hydrogens is 322 g/mol. The SMILES string of the molecule is N#CC(C(=O)Cn1ccccc1=O)c1nc(-c2ccccc2)cs1. The average molecular weight is 335 g/mol. The Morgan fingerprint density at radius 1 is 1.21 bits per heavy atom. The largest absolute Gasteiger partial charge is 0.308 e. The molecule has 0 bridgehead atoms. The van der Waals surface area contributed by atoms with E-state index in [9.17, 15) is 14.9 Å². The topological polar surface area (TPSA) is 75.8 Å². The number of carbonyl (C=O) groups is 1. The highest BCUT2D eigenvalue weighted by Crippen LogP contribution is 2.27. The summed E-state index contributed by atoms with van der Waals surface area (Å²) in [6.45, 7) is -0.141. The predicted octanol–water partition coefficient (Wildman–Crippen LogP) is 2.85. The number of Topliss-reactive ketones (excluding diaryl/α,β-unsaturated/α-hetero) is 1. The summed E-state index contributed by atoms with van der Waals surface area (Å²) in [7, 11) is 0. The molecule has 0 fully saturated rings. The van der Waals surface area contributed by atoms with Gasteiger partial charge in [-0.05, 0) is 6.07 Å². The van der Waals surface area contributed by atoms with Crippen molar-refractivity contribution in [3.8, 4) is 17.3 Å². The standard InChI is InChI=1S/C18H13N3O2S/c19-10-14(16(22)11-21-9-5-4-8-17(21)23)18-20-15(12-24-18)13-6-2-1-3-7-13/h1-9,12,14H,11H2. The van der Waals surface area contributed by atoms with Crippen molar-refractivity contribution in [2.75, 3.05) is 0 Å². The van der Waals surface area contributed by atoms with Crippen LogP contribution in [0.15, 0.2) is 64.9 Å². The van der Waals surface area contributed by atoms with Gasteiger partial charge in [0.25, 0.3) is 5.56 Å². The summed E-state index contributed by atoms with van der Waals surface area (Å²) in [6.07, 6.45) is 1.53. The molecule has 1 unspecified atom stereocenters. The number of benzene rings is 1. The Bertz CT molecular complexity index is 954. The second kappa shape index (κ2) is 7.02. The molecule has 0 spiro atoms. The molecule has 0 aliphatic heterocycles. The molecule has 3 rings (SSSR count). The number of hydrogen-bond acceptors (Lipinski definition) is 5. The van der Waals surface area contributed by atoms with Crippen molar-refractivity contribution in [3.63, 3.8) is 0 Å². The summed E-state index contributed by atoms with van der Waals surface area (Å²) >= 11 is 1.28. The number of rotatable bonds is 5. The molecule has 1 aromatic carbocycles. The lowest BCUT2D eigenvalue weighted by Gasteiger charge is -2.07. The first kappa shape index (κ1) is 15.8. The first-order valence-electron chi connectivity index (χ1n) is 7.27. The van der Waals surface area contributed by atoms with Gasteiger partial charge in [0.2, 0.25) is 0 Å². The van der Waals surface area contributed by atoms with Crippen LogP contribution in [0.2, 0.25) is 0 Å². The Labute approximate surface area is 142 Å². The van der Waals surface area contributed by atoms with Crippen LogP contribution in [0.5, 0.6) is 0 Å². The van der Waals surface area contributed by atoms with Gasteiger partial charge in [-0.15, -0.1) is 11.3 Å². The fourth-order valence-corrected chi connectivity index (χ4v) is 3.17. The Balaban J connectivity index is 1.83. The lowest BCUT2D eigenvalue weighted by Crippen LogP contribution is -2.25. The Morgan fingerprint density at radius 3 is 2.67 bits per heavy atom. The van der Waals surface area contributed by atoms with Crippen molar-refractivity contribution in [1.82, 2.24) is 9.55 Å². The number of ketones is 1. The summed E-state index contributed by atoms with van der Waals surface area (Å²) in [5.41, 5.74) is 1.40. The molecule has 2 heterocycles. The van der Waals surface area contributed by atoms with Crippen LogP contribution in [-0.4, -0.2) is 15.3 Å². The minimum atomic E-state index is -0.973. The van der Waals surface area contributed by atoms with Crippen LogP contribution in [0.3, 0.4) is 0 Å². The third kappa shape index (κ3) is 3.31. The summed E-state index contributed by atoms with van der Waals surface area (Å²) < 4.78 is 1.29. The lowest BCUT2D eigenvalue weighted by atomic mass is 10.1. The van der Waals surface area contributed by atoms with Crippen molar-refractivity contribution < 1.29 is 4.79 Å². The van der Waals surface area contributed by atoms with E-state index in [2.05, 4.69) is 4.98 Å². The number of nitriles is 1. The molecular formula is C18H13N3O2S. The molecule has 0 saturated heterocycles. The highest BCUT2D eigenvalue weighted by molar-refractivity contribution is 7.10. The minimum absolute atomic E-state index is 0.141. The van der Waals surface area contributed by atoms with E-state index in [0.717, 1.165) is 11.3 Å². The smallest absolute Gasteiger partial charge is 0.250 e. The summed E-state index contributed by atoms with van der Waals surface area (Å²) in [6, 6.07) is 16.2. The van der Waals surface area contributed by atoms with Gasteiger partial charge in [0.05, 0.1) is 18.3 Å². The van der Waals surface area contributed by atoms with Crippen LogP contribution >= 0.6 is 11.3 Å². The van der Waals surface area contributed by atoms with Crippen LogP contribution < -0.4 is 5.56 Å². The van der Waals surface area contributed by atoms with Crippen LogP contribution in [-0.2, 0) is 11.3 Å². The van der Waals surface area contributed by atoms with Gasteiger partial charge >= 0.3 is 0 Å². The molecule has 0 amide bonds. The van der Waals surface area contributed by atoms with E-state index < -0.39 is 5.92 Å². The molecule has 2 aromatic heterocycles. The molecule has 0 aliphatic rings.